The van der Waals surface area contributed by atoms with Crippen LogP contribution in [-0.2, 0) is 6.54 Å². The molecule has 0 aliphatic heterocycles. The van der Waals surface area contributed by atoms with Crippen LogP contribution in [0.3, 0.4) is 0 Å². The van der Waals surface area contributed by atoms with E-state index >= 15 is 0 Å². The number of rotatable bonds is 5. The summed E-state index contributed by atoms with van der Waals surface area (Å²) < 4.78 is 18.7. The quantitative estimate of drug-likeness (QED) is 0.618. The van der Waals surface area contributed by atoms with Gasteiger partial charge in [-0.15, -0.1) is 0 Å². The van der Waals surface area contributed by atoms with Crippen molar-refractivity contribution in [3.63, 3.8) is 0 Å². The molecule has 1 aromatic rings. The highest BCUT2D eigenvalue weighted by Gasteiger charge is 2.08. The van der Waals surface area contributed by atoms with Gasteiger partial charge in [0.15, 0.2) is 5.96 Å². The molecule has 0 bridgehead atoms. The van der Waals surface area contributed by atoms with Crippen molar-refractivity contribution in [1.82, 2.24) is 0 Å². The summed E-state index contributed by atoms with van der Waals surface area (Å²) in [5, 5.41) is 0. The zero-order valence-corrected chi connectivity index (χ0v) is 12.1. The SMILES string of the molecule is NC(N)=NCc1cc(Br)c(OCCF)c(Br)c1. The first-order chi connectivity index (χ1) is 8.04. The van der Waals surface area contributed by atoms with Crippen LogP contribution in [0, 0.1) is 0 Å². The van der Waals surface area contributed by atoms with Crippen molar-refractivity contribution < 1.29 is 9.13 Å². The molecular weight excluding hydrogens is 357 g/mol. The lowest BCUT2D eigenvalue weighted by molar-refractivity contribution is 0.270. The number of ether oxygens (including phenoxy) is 1. The molecule has 94 valence electrons. The lowest BCUT2D eigenvalue weighted by Crippen LogP contribution is -2.22. The van der Waals surface area contributed by atoms with E-state index in [4.69, 9.17) is 16.2 Å². The Balaban J connectivity index is 2.89. The molecule has 0 atom stereocenters. The van der Waals surface area contributed by atoms with Gasteiger partial charge in [0.1, 0.15) is 19.0 Å². The fourth-order valence-corrected chi connectivity index (χ4v) is 2.67. The molecular formula is C10H12Br2FN3O. The van der Waals surface area contributed by atoms with Crippen LogP contribution in [0.25, 0.3) is 0 Å². The van der Waals surface area contributed by atoms with Crippen LogP contribution in [-0.4, -0.2) is 19.2 Å². The fourth-order valence-electron chi connectivity index (χ4n) is 1.16. The van der Waals surface area contributed by atoms with Gasteiger partial charge in [-0.1, -0.05) is 0 Å². The fraction of sp³-hybridized carbons (Fsp3) is 0.300. The number of hydrogen-bond acceptors (Lipinski definition) is 2. The molecule has 0 aromatic heterocycles. The van der Waals surface area contributed by atoms with Gasteiger partial charge < -0.3 is 16.2 Å². The molecule has 1 aromatic carbocycles. The summed E-state index contributed by atoms with van der Waals surface area (Å²) in [6.07, 6.45) is 0. The van der Waals surface area contributed by atoms with E-state index in [2.05, 4.69) is 36.9 Å². The Hall–Kier alpha value is -0.820. The van der Waals surface area contributed by atoms with Gasteiger partial charge in [0.25, 0.3) is 0 Å². The van der Waals surface area contributed by atoms with Crippen molar-refractivity contribution in [3.8, 4) is 5.75 Å². The molecule has 17 heavy (non-hydrogen) atoms. The Morgan fingerprint density at radius 3 is 2.35 bits per heavy atom. The van der Waals surface area contributed by atoms with E-state index in [1.807, 2.05) is 12.1 Å². The van der Waals surface area contributed by atoms with Crippen molar-refractivity contribution in [3.05, 3.63) is 26.6 Å². The Kier molecular flexibility index (Phi) is 5.70. The monoisotopic (exact) mass is 367 g/mol. The van der Waals surface area contributed by atoms with E-state index in [0.717, 1.165) is 14.5 Å². The Labute approximate surface area is 115 Å². The highest BCUT2D eigenvalue weighted by molar-refractivity contribution is 9.11. The first-order valence-corrected chi connectivity index (χ1v) is 6.35. The number of benzene rings is 1. The Morgan fingerprint density at radius 2 is 1.88 bits per heavy atom. The van der Waals surface area contributed by atoms with Gasteiger partial charge in [-0.3, -0.25) is 0 Å². The van der Waals surface area contributed by atoms with E-state index in [1.54, 1.807) is 0 Å². The van der Waals surface area contributed by atoms with Gasteiger partial charge in [-0.2, -0.15) is 0 Å². The van der Waals surface area contributed by atoms with Crippen molar-refractivity contribution in [2.24, 2.45) is 16.5 Å². The lowest BCUT2D eigenvalue weighted by atomic mass is 10.2. The van der Waals surface area contributed by atoms with E-state index in [0.29, 0.717) is 12.3 Å². The summed E-state index contributed by atoms with van der Waals surface area (Å²) in [5.74, 6) is 0.603. The molecule has 0 radical (unpaired) electrons. The van der Waals surface area contributed by atoms with Crippen molar-refractivity contribution >= 4 is 37.8 Å². The summed E-state index contributed by atoms with van der Waals surface area (Å²) in [7, 11) is 0. The van der Waals surface area contributed by atoms with Gasteiger partial charge in [0.2, 0.25) is 0 Å². The van der Waals surface area contributed by atoms with E-state index in [-0.39, 0.29) is 12.6 Å². The summed E-state index contributed by atoms with van der Waals surface area (Å²) >= 11 is 6.69. The van der Waals surface area contributed by atoms with E-state index in [9.17, 15) is 4.39 Å². The molecule has 0 amide bonds. The summed E-state index contributed by atoms with van der Waals surface area (Å²) in [5.41, 5.74) is 11.4. The molecule has 0 saturated heterocycles. The number of nitrogens with two attached hydrogens (primary N) is 2. The van der Waals surface area contributed by atoms with Crippen LogP contribution in [0.5, 0.6) is 5.75 Å². The standard InChI is InChI=1S/C10H12Br2FN3O/c11-7-3-6(5-16-10(14)15)4-8(12)9(7)17-2-1-13/h3-4H,1-2,5H2,(H4,14,15,16). The Bertz CT molecular complexity index is 399. The second kappa shape index (κ2) is 6.80. The van der Waals surface area contributed by atoms with Crippen molar-refractivity contribution in [2.75, 3.05) is 13.3 Å². The smallest absolute Gasteiger partial charge is 0.186 e. The average molecular weight is 369 g/mol. The molecule has 4 N–H and O–H groups in total. The predicted molar refractivity (Wildman–Crippen MR) is 72.8 cm³/mol. The molecule has 0 saturated carbocycles. The first-order valence-electron chi connectivity index (χ1n) is 4.76. The number of aliphatic imine (C=N–C) groups is 1. The maximum Gasteiger partial charge on any atom is 0.186 e. The van der Waals surface area contributed by atoms with E-state index in [1.165, 1.54) is 0 Å². The highest BCUT2D eigenvalue weighted by atomic mass is 79.9. The topological polar surface area (TPSA) is 73.6 Å². The minimum Gasteiger partial charge on any atom is -0.488 e. The zero-order valence-electron chi connectivity index (χ0n) is 8.92. The molecule has 0 aliphatic carbocycles. The molecule has 0 unspecified atom stereocenters. The Morgan fingerprint density at radius 1 is 1.29 bits per heavy atom. The van der Waals surface area contributed by atoms with Crippen molar-refractivity contribution in [2.45, 2.75) is 6.54 Å². The second-order valence-electron chi connectivity index (χ2n) is 3.17. The molecule has 4 nitrogen and oxygen atoms in total. The zero-order chi connectivity index (χ0) is 12.8. The molecule has 0 aliphatic rings. The second-order valence-corrected chi connectivity index (χ2v) is 4.88. The van der Waals surface area contributed by atoms with Gasteiger partial charge in [0.05, 0.1) is 15.5 Å². The number of halogens is 3. The van der Waals surface area contributed by atoms with Crippen molar-refractivity contribution in [1.29, 1.82) is 0 Å². The maximum atomic E-state index is 12.0. The number of nitrogens with zero attached hydrogens (tertiary/aromatic N) is 1. The van der Waals surface area contributed by atoms with Crippen LogP contribution >= 0.6 is 31.9 Å². The van der Waals surface area contributed by atoms with Crippen LogP contribution in [0.1, 0.15) is 5.56 Å². The largest absolute Gasteiger partial charge is 0.488 e. The summed E-state index contributed by atoms with van der Waals surface area (Å²) in [6, 6.07) is 3.65. The minimum absolute atomic E-state index is 0.0183. The predicted octanol–water partition coefficient (Wildman–Crippen LogP) is 2.33. The lowest BCUT2D eigenvalue weighted by Gasteiger charge is -2.10. The summed E-state index contributed by atoms with van der Waals surface area (Å²) in [6.45, 7) is -0.137. The van der Waals surface area contributed by atoms with Crippen LogP contribution in [0.4, 0.5) is 4.39 Å². The van der Waals surface area contributed by atoms with Gasteiger partial charge in [-0.25, -0.2) is 9.38 Å². The third-order valence-corrected chi connectivity index (χ3v) is 3.00. The van der Waals surface area contributed by atoms with Gasteiger partial charge in [0, 0.05) is 0 Å². The van der Waals surface area contributed by atoms with Crippen LogP contribution in [0.15, 0.2) is 26.1 Å². The highest BCUT2D eigenvalue weighted by Crippen LogP contribution is 2.34. The molecule has 1 rings (SSSR count). The number of alkyl halides is 1. The molecule has 7 heteroatoms. The average Bonchev–Trinajstić information content (AvgIpc) is 2.25. The van der Waals surface area contributed by atoms with Crippen LogP contribution < -0.4 is 16.2 Å². The molecule has 0 fully saturated rings. The van der Waals surface area contributed by atoms with Crippen LogP contribution in [0.2, 0.25) is 0 Å². The minimum atomic E-state index is -0.533. The number of guanidine groups is 1. The van der Waals surface area contributed by atoms with E-state index < -0.39 is 6.67 Å². The third-order valence-electron chi connectivity index (χ3n) is 1.83. The third kappa shape index (κ3) is 4.51. The van der Waals surface area contributed by atoms with Gasteiger partial charge >= 0.3 is 0 Å². The van der Waals surface area contributed by atoms with Gasteiger partial charge in [-0.05, 0) is 49.6 Å². The molecule has 0 heterocycles. The maximum absolute atomic E-state index is 12.0. The normalized spacial score (nSPS) is 10.1. The first kappa shape index (κ1) is 14.2. The summed E-state index contributed by atoms with van der Waals surface area (Å²) in [4.78, 5) is 3.90. The molecule has 0 spiro atoms. The number of hydrogen-bond donors (Lipinski definition) is 2.